The van der Waals surface area contributed by atoms with Gasteiger partial charge in [-0.15, -0.1) is 0 Å². The third-order valence-electron chi connectivity index (χ3n) is 3.32. The van der Waals surface area contributed by atoms with Gasteiger partial charge in [-0.25, -0.2) is 0 Å². The van der Waals surface area contributed by atoms with Gasteiger partial charge < -0.3 is 5.32 Å². The number of nitrogens with zero attached hydrogens (tertiary/aromatic N) is 1. The summed E-state index contributed by atoms with van der Waals surface area (Å²) in [7, 11) is 1.95. The molecule has 0 aromatic heterocycles. The first-order valence-corrected chi connectivity index (χ1v) is 5.94. The van der Waals surface area contributed by atoms with Crippen LogP contribution in [0.5, 0.6) is 0 Å². The summed E-state index contributed by atoms with van der Waals surface area (Å²) in [4.78, 5) is 2.11. The molecule has 0 saturated heterocycles. The Hall–Kier alpha value is -0.290. The van der Waals surface area contributed by atoms with Gasteiger partial charge in [-0.05, 0) is 26.3 Å². The summed E-state index contributed by atoms with van der Waals surface area (Å²) in [6.07, 6.45) is -4.13. The Morgan fingerprint density at radius 2 is 1.59 bits per heavy atom. The van der Waals surface area contributed by atoms with Gasteiger partial charge in [0.2, 0.25) is 0 Å². The molecule has 0 rings (SSSR count). The van der Waals surface area contributed by atoms with Gasteiger partial charge in [0.25, 0.3) is 0 Å². The Bertz CT molecular complexity index is 221. The second-order valence-electron chi connectivity index (χ2n) is 5.80. The van der Waals surface area contributed by atoms with Gasteiger partial charge in [-0.1, -0.05) is 20.8 Å². The number of likely N-dealkylation sites (N-methyl/N-ethyl adjacent to an activating group) is 1. The largest absolute Gasteiger partial charge is 0.401 e. The number of hydrogen-bond acceptors (Lipinski definition) is 2. The average Bonchev–Trinajstić information content (AvgIpc) is 2.11. The Morgan fingerprint density at radius 1 is 1.12 bits per heavy atom. The van der Waals surface area contributed by atoms with Crippen LogP contribution in [0.15, 0.2) is 0 Å². The fourth-order valence-electron chi connectivity index (χ4n) is 1.56. The fourth-order valence-corrected chi connectivity index (χ4v) is 1.56. The van der Waals surface area contributed by atoms with Crippen molar-refractivity contribution >= 4 is 0 Å². The van der Waals surface area contributed by atoms with E-state index >= 15 is 0 Å². The van der Waals surface area contributed by atoms with Crippen LogP contribution < -0.4 is 5.32 Å². The SMILES string of the molecule is CC(CNCC(F)(F)F)N(C)C(C)C(C)(C)C. The molecule has 1 N–H and O–H groups in total. The molecule has 2 nitrogen and oxygen atoms in total. The Kier molecular flexibility index (Phi) is 5.94. The standard InChI is InChI=1S/C12H25F3N2/c1-9(7-16-8-12(13,14)15)17(6)10(2)11(3,4)5/h9-10,16H,7-8H2,1-6H3. The van der Waals surface area contributed by atoms with E-state index in [0.29, 0.717) is 12.6 Å². The molecule has 0 heterocycles. The number of rotatable bonds is 5. The van der Waals surface area contributed by atoms with E-state index in [1.54, 1.807) is 0 Å². The predicted octanol–water partition coefficient (Wildman–Crippen LogP) is 2.89. The van der Waals surface area contributed by atoms with Gasteiger partial charge in [0, 0.05) is 18.6 Å². The van der Waals surface area contributed by atoms with Crippen molar-refractivity contribution in [2.75, 3.05) is 20.1 Å². The fraction of sp³-hybridized carbons (Fsp3) is 1.00. The van der Waals surface area contributed by atoms with E-state index in [1.165, 1.54) is 0 Å². The highest BCUT2D eigenvalue weighted by molar-refractivity contribution is 4.81. The van der Waals surface area contributed by atoms with Crippen LogP contribution in [0.4, 0.5) is 13.2 Å². The molecule has 0 aliphatic heterocycles. The summed E-state index contributed by atoms with van der Waals surface area (Å²) < 4.78 is 35.9. The molecule has 0 bridgehead atoms. The van der Waals surface area contributed by atoms with Crippen LogP contribution in [0.3, 0.4) is 0 Å². The Labute approximate surface area is 103 Å². The first-order valence-electron chi connectivity index (χ1n) is 5.94. The number of hydrogen-bond donors (Lipinski definition) is 1. The van der Waals surface area contributed by atoms with Crippen LogP contribution >= 0.6 is 0 Å². The van der Waals surface area contributed by atoms with Gasteiger partial charge in [0.15, 0.2) is 0 Å². The number of halogens is 3. The third-order valence-corrected chi connectivity index (χ3v) is 3.32. The summed E-state index contributed by atoms with van der Waals surface area (Å²) in [6, 6.07) is 0.386. The minimum atomic E-state index is -4.13. The molecule has 2 atom stereocenters. The van der Waals surface area contributed by atoms with Crippen LogP contribution in [0, 0.1) is 5.41 Å². The maximum atomic E-state index is 12.0. The summed E-state index contributed by atoms with van der Waals surface area (Å²) in [5.74, 6) is 0. The molecule has 0 saturated carbocycles. The lowest BCUT2D eigenvalue weighted by Crippen LogP contribution is -2.48. The maximum absolute atomic E-state index is 12.0. The third kappa shape index (κ3) is 6.88. The van der Waals surface area contributed by atoms with Crippen LogP contribution in [0.1, 0.15) is 34.6 Å². The predicted molar refractivity (Wildman–Crippen MR) is 65.1 cm³/mol. The molecule has 17 heavy (non-hydrogen) atoms. The van der Waals surface area contributed by atoms with Crippen molar-refractivity contribution in [2.24, 2.45) is 5.41 Å². The molecule has 0 aliphatic carbocycles. The molecular weight excluding hydrogens is 229 g/mol. The molecule has 2 unspecified atom stereocenters. The highest BCUT2D eigenvalue weighted by Crippen LogP contribution is 2.24. The summed E-state index contributed by atoms with van der Waals surface area (Å²) in [6.45, 7) is 9.84. The van der Waals surface area contributed by atoms with Gasteiger partial charge in [0.1, 0.15) is 0 Å². The van der Waals surface area contributed by atoms with Gasteiger partial charge in [-0.2, -0.15) is 13.2 Å². The highest BCUT2D eigenvalue weighted by Gasteiger charge is 2.29. The molecule has 5 heteroatoms. The lowest BCUT2D eigenvalue weighted by molar-refractivity contribution is -0.125. The molecule has 0 aromatic carbocycles. The normalized spacial score (nSPS) is 17.3. The Morgan fingerprint density at radius 3 is 1.94 bits per heavy atom. The van der Waals surface area contributed by atoms with Crippen molar-refractivity contribution in [1.29, 1.82) is 0 Å². The summed E-state index contributed by atoms with van der Waals surface area (Å²) >= 11 is 0. The number of alkyl halides is 3. The summed E-state index contributed by atoms with van der Waals surface area (Å²) in [5.41, 5.74) is 0.118. The first-order chi connectivity index (χ1) is 7.45. The lowest BCUT2D eigenvalue weighted by Gasteiger charge is -2.39. The minimum Gasteiger partial charge on any atom is -0.307 e. The molecule has 0 radical (unpaired) electrons. The number of nitrogens with one attached hydrogen (secondary N) is 1. The minimum absolute atomic E-state index is 0.0755. The van der Waals surface area contributed by atoms with Crippen molar-refractivity contribution in [3.8, 4) is 0 Å². The van der Waals surface area contributed by atoms with Gasteiger partial charge in [-0.3, -0.25) is 4.90 Å². The van der Waals surface area contributed by atoms with Crippen LogP contribution in [0.25, 0.3) is 0 Å². The molecular formula is C12H25F3N2. The van der Waals surface area contributed by atoms with E-state index in [9.17, 15) is 13.2 Å². The molecule has 0 fully saturated rings. The van der Waals surface area contributed by atoms with Crippen molar-refractivity contribution in [2.45, 2.75) is 52.9 Å². The van der Waals surface area contributed by atoms with Crippen molar-refractivity contribution in [1.82, 2.24) is 10.2 Å². The van der Waals surface area contributed by atoms with Crippen molar-refractivity contribution in [3.05, 3.63) is 0 Å². The van der Waals surface area contributed by atoms with Crippen molar-refractivity contribution in [3.63, 3.8) is 0 Å². The quantitative estimate of drug-likeness (QED) is 0.811. The summed E-state index contributed by atoms with van der Waals surface area (Å²) in [5, 5.41) is 2.45. The molecule has 104 valence electrons. The topological polar surface area (TPSA) is 15.3 Å². The van der Waals surface area contributed by atoms with E-state index in [0.717, 1.165) is 0 Å². The monoisotopic (exact) mass is 254 g/mol. The van der Waals surface area contributed by atoms with E-state index in [4.69, 9.17) is 0 Å². The molecule has 0 aromatic rings. The Balaban J connectivity index is 4.11. The highest BCUT2D eigenvalue weighted by atomic mass is 19.4. The van der Waals surface area contributed by atoms with Crippen molar-refractivity contribution < 1.29 is 13.2 Å². The molecule has 0 spiro atoms. The zero-order chi connectivity index (χ0) is 13.9. The second kappa shape index (κ2) is 6.05. The van der Waals surface area contributed by atoms with E-state index in [1.807, 2.05) is 14.0 Å². The average molecular weight is 254 g/mol. The smallest absolute Gasteiger partial charge is 0.307 e. The molecule has 0 amide bonds. The zero-order valence-corrected chi connectivity index (χ0v) is 11.7. The second-order valence-corrected chi connectivity index (χ2v) is 5.80. The van der Waals surface area contributed by atoms with Gasteiger partial charge in [0.05, 0.1) is 6.54 Å². The van der Waals surface area contributed by atoms with E-state index < -0.39 is 12.7 Å². The first kappa shape index (κ1) is 16.7. The van der Waals surface area contributed by atoms with Crippen LogP contribution in [0.2, 0.25) is 0 Å². The maximum Gasteiger partial charge on any atom is 0.401 e. The lowest BCUT2D eigenvalue weighted by atomic mass is 9.86. The van der Waals surface area contributed by atoms with E-state index in [-0.39, 0.29) is 11.5 Å². The van der Waals surface area contributed by atoms with Crippen LogP contribution in [-0.4, -0.2) is 43.3 Å². The van der Waals surface area contributed by atoms with Crippen LogP contribution in [-0.2, 0) is 0 Å². The van der Waals surface area contributed by atoms with Gasteiger partial charge >= 0.3 is 6.18 Å². The van der Waals surface area contributed by atoms with E-state index in [2.05, 4.69) is 37.9 Å². The zero-order valence-electron chi connectivity index (χ0n) is 11.7. The molecule has 0 aliphatic rings.